The topological polar surface area (TPSA) is 87.9 Å². The van der Waals surface area contributed by atoms with Gasteiger partial charge in [-0.3, -0.25) is 9.21 Å². The number of hydrogen-bond acceptors (Lipinski definition) is 7. The molecule has 0 aliphatic carbocycles. The van der Waals surface area contributed by atoms with E-state index in [1.165, 1.54) is 10.5 Å². The van der Waals surface area contributed by atoms with Crippen molar-refractivity contribution in [1.82, 2.24) is 9.88 Å². The summed E-state index contributed by atoms with van der Waals surface area (Å²) in [5.74, 6) is 2.37. The largest absolute Gasteiger partial charge is 0.465 e. The fraction of sp³-hybridized carbons (Fsp3) is 0.375. The molecule has 0 amide bonds. The average molecular weight is 471 g/mol. The van der Waals surface area contributed by atoms with E-state index >= 15 is 0 Å². The summed E-state index contributed by atoms with van der Waals surface area (Å²) in [7, 11) is -3.70. The third kappa shape index (κ3) is 5.38. The Labute approximate surface area is 195 Å². The molecule has 3 heterocycles. The number of pyridine rings is 1. The van der Waals surface area contributed by atoms with Crippen molar-refractivity contribution in [1.29, 1.82) is 0 Å². The van der Waals surface area contributed by atoms with Crippen molar-refractivity contribution in [3.63, 3.8) is 0 Å². The van der Waals surface area contributed by atoms with Crippen molar-refractivity contribution >= 4 is 21.5 Å². The van der Waals surface area contributed by atoms with Gasteiger partial charge in [-0.05, 0) is 50.2 Å². The van der Waals surface area contributed by atoms with Crippen LogP contribution in [0.25, 0.3) is 0 Å². The minimum absolute atomic E-state index is 0.0291. The molecule has 0 radical (unpaired) electrons. The fourth-order valence-corrected chi connectivity index (χ4v) is 5.40. The maximum Gasteiger partial charge on any atom is 0.265 e. The Hall–Kier alpha value is -2.88. The molecular formula is C24H30N4O4S. The minimum Gasteiger partial charge on any atom is -0.465 e. The van der Waals surface area contributed by atoms with Crippen LogP contribution in [0.1, 0.15) is 24.5 Å². The van der Waals surface area contributed by atoms with Crippen molar-refractivity contribution in [2.75, 3.05) is 49.0 Å². The molecule has 1 saturated heterocycles. The number of rotatable bonds is 9. The summed E-state index contributed by atoms with van der Waals surface area (Å²) >= 11 is 0. The number of aryl methyl sites for hydroxylation is 1. The van der Waals surface area contributed by atoms with E-state index in [4.69, 9.17) is 9.15 Å². The molecule has 3 aromatic rings. The Morgan fingerprint density at radius 2 is 1.85 bits per heavy atom. The lowest BCUT2D eigenvalue weighted by Crippen LogP contribution is -2.41. The highest BCUT2D eigenvalue weighted by atomic mass is 32.2. The molecule has 1 N–H and O–H groups in total. The summed E-state index contributed by atoms with van der Waals surface area (Å²) in [6, 6.07) is 16.4. The van der Waals surface area contributed by atoms with E-state index < -0.39 is 10.0 Å². The molecular weight excluding hydrogens is 440 g/mol. The van der Waals surface area contributed by atoms with Gasteiger partial charge in [-0.2, -0.15) is 0 Å². The van der Waals surface area contributed by atoms with E-state index in [0.29, 0.717) is 37.8 Å². The molecule has 1 unspecified atom stereocenters. The van der Waals surface area contributed by atoms with E-state index in [2.05, 4.69) is 15.2 Å². The van der Waals surface area contributed by atoms with Gasteiger partial charge < -0.3 is 14.5 Å². The molecule has 1 aliphatic rings. The van der Waals surface area contributed by atoms with Gasteiger partial charge in [0.1, 0.15) is 22.2 Å². The number of hydrogen-bond donors (Lipinski definition) is 1. The predicted molar refractivity (Wildman–Crippen MR) is 128 cm³/mol. The van der Waals surface area contributed by atoms with E-state index in [9.17, 15) is 8.42 Å². The zero-order valence-corrected chi connectivity index (χ0v) is 19.8. The van der Waals surface area contributed by atoms with E-state index in [1.54, 1.807) is 24.3 Å². The second-order valence-corrected chi connectivity index (χ2v) is 9.74. The summed E-state index contributed by atoms with van der Waals surface area (Å²) in [5.41, 5.74) is 0.629. The average Bonchev–Trinajstić information content (AvgIpc) is 3.27. The molecule has 8 nitrogen and oxygen atoms in total. The van der Waals surface area contributed by atoms with Crippen LogP contribution in [0, 0.1) is 6.92 Å². The van der Waals surface area contributed by atoms with E-state index in [0.717, 1.165) is 24.6 Å². The van der Waals surface area contributed by atoms with E-state index in [-0.39, 0.29) is 10.9 Å². The molecule has 1 aliphatic heterocycles. The SMILES string of the molecule is CCN(c1ccccc1)S(=O)(=O)c1ccc(NCC(c2ccc(C)o2)N2CCOCC2)nc1. The molecule has 1 fully saturated rings. The third-order valence-corrected chi connectivity index (χ3v) is 7.59. The van der Waals surface area contributed by atoms with Crippen LogP contribution in [0.5, 0.6) is 0 Å². The smallest absolute Gasteiger partial charge is 0.265 e. The minimum atomic E-state index is -3.70. The van der Waals surface area contributed by atoms with Gasteiger partial charge in [0.25, 0.3) is 10.0 Å². The first kappa shape index (κ1) is 23.3. The van der Waals surface area contributed by atoms with Gasteiger partial charge in [0.15, 0.2) is 0 Å². The Balaban J connectivity index is 1.48. The Morgan fingerprint density at radius 3 is 2.45 bits per heavy atom. The third-order valence-electron chi connectivity index (χ3n) is 5.71. The van der Waals surface area contributed by atoms with Crippen molar-refractivity contribution in [2.45, 2.75) is 24.8 Å². The standard InChI is InChI=1S/C24H30N4O4S/c1-3-28(20-7-5-4-6-8-20)33(29,30)21-10-12-24(25-17-21)26-18-22(23-11-9-19(2)32-23)27-13-15-31-16-14-27/h4-12,17,22H,3,13-16,18H2,1-2H3,(H,25,26). The molecule has 33 heavy (non-hydrogen) atoms. The molecule has 0 spiro atoms. The Morgan fingerprint density at radius 1 is 1.09 bits per heavy atom. The van der Waals surface area contributed by atoms with Crippen molar-refractivity contribution in [2.24, 2.45) is 0 Å². The Bertz CT molecular complexity index is 1130. The molecule has 1 atom stereocenters. The summed E-state index contributed by atoms with van der Waals surface area (Å²) in [5, 5.41) is 3.34. The Kier molecular flexibility index (Phi) is 7.32. The summed E-state index contributed by atoms with van der Waals surface area (Å²) < 4.78 is 39.1. The number of benzene rings is 1. The monoisotopic (exact) mass is 470 g/mol. The lowest BCUT2D eigenvalue weighted by Gasteiger charge is -2.33. The zero-order valence-electron chi connectivity index (χ0n) is 19.0. The van der Waals surface area contributed by atoms with Gasteiger partial charge in [-0.15, -0.1) is 0 Å². The number of nitrogens with one attached hydrogen (secondary N) is 1. The van der Waals surface area contributed by atoms with Crippen LogP contribution >= 0.6 is 0 Å². The van der Waals surface area contributed by atoms with Gasteiger partial charge in [-0.25, -0.2) is 13.4 Å². The molecule has 176 valence electrons. The van der Waals surface area contributed by atoms with Gasteiger partial charge in [-0.1, -0.05) is 18.2 Å². The van der Waals surface area contributed by atoms with Gasteiger partial charge in [0.05, 0.1) is 24.9 Å². The van der Waals surface area contributed by atoms with Crippen LogP contribution < -0.4 is 9.62 Å². The lowest BCUT2D eigenvalue weighted by molar-refractivity contribution is 0.0143. The molecule has 1 aromatic carbocycles. The van der Waals surface area contributed by atoms with Crippen molar-refractivity contribution < 1.29 is 17.6 Å². The molecule has 0 saturated carbocycles. The zero-order chi connectivity index (χ0) is 23.3. The molecule has 2 aromatic heterocycles. The van der Waals surface area contributed by atoms with Crippen LogP contribution in [-0.4, -0.2) is 57.7 Å². The molecule has 9 heteroatoms. The highest BCUT2D eigenvalue weighted by molar-refractivity contribution is 7.92. The van der Waals surface area contributed by atoms with Crippen LogP contribution in [0.15, 0.2) is 70.1 Å². The second-order valence-electron chi connectivity index (χ2n) is 7.88. The number of aromatic nitrogens is 1. The molecule has 4 rings (SSSR count). The first-order valence-corrected chi connectivity index (χ1v) is 12.6. The van der Waals surface area contributed by atoms with Crippen molar-refractivity contribution in [3.8, 4) is 0 Å². The first-order valence-electron chi connectivity index (χ1n) is 11.1. The van der Waals surface area contributed by atoms with Gasteiger partial charge >= 0.3 is 0 Å². The first-order chi connectivity index (χ1) is 16.0. The summed E-state index contributed by atoms with van der Waals surface area (Å²) in [6.07, 6.45) is 1.41. The van der Waals surface area contributed by atoms with Crippen LogP contribution in [-0.2, 0) is 14.8 Å². The van der Waals surface area contributed by atoms with Gasteiger partial charge in [0, 0.05) is 32.4 Å². The molecule has 0 bridgehead atoms. The lowest BCUT2D eigenvalue weighted by atomic mass is 10.1. The normalized spacial score (nSPS) is 15.8. The number of nitrogens with zero attached hydrogens (tertiary/aromatic N) is 3. The highest BCUT2D eigenvalue weighted by Crippen LogP contribution is 2.26. The highest BCUT2D eigenvalue weighted by Gasteiger charge is 2.26. The second kappa shape index (κ2) is 10.4. The number of para-hydroxylation sites is 1. The van der Waals surface area contributed by atoms with E-state index in [1.807, 2.05) is 44.2 Å². The number of morpholine rings is 1. The van der Waals surface area contributed by atoms with Crippen molar-refractivity contribution in [3.05, 3.63) is 72.3 Å². The summed E-state index contributed by atoms with van der Waals surface area (Å²) in [6.45, 7) is 7.69. The fourth-order valence-electron chi connectivity index (χ4n) is 3.98. The number of sulfonamides is 1. The maximum atomic E-state index is 13.2. The maximum absolute atomic E-state index is 13.2. The summed E-state index contributed by atoms with van der Waals surface area (Å²) in [4.78, 5) is 6.86. The van der Waals surface area contributed by atoms with Gasteiger partial charge in [0.2, 0.25) is 0 Å². The number of ether oxygens (including phenoxy) is 1. The number of anilines is 2. The quantitative estimate of drug-likeness (QED) is 0.510. The van der Waals surface area contributed by atoms with Crippen LogP contribution in [0.4, 0.5) is 11.5 Å². The van der Waals surface area contributed by atoms with Crippen LogP contribution in [0.3, 0.4) is 0 Å². The predicted octanol–water partition coefficient (Wildman–Crippen LogP) is 3.68. The number of furan rings is 1. The van der Waals surface area contributed by atoms with Crippen LogP contribution in [0.2, 0.25) is 0 Å².